The van der Waals surface area contributed by atoms with Gasteiger partial charge >= 0.3 is 12.3 Å². The molecule has 14 heteroatoms. The van der Waals surface area contributed by atoms with E-state index >= 15 is 0 Å². The minimum atomic E-state index is -4.40. The highest BCUT2D eigenvalue weighted by molar-refractivity contribution is 7.86. The van der Waals surface area contributed by atoms with E-state index in [2.05, 4.69) is 9.47 Å². The van der Waals surface area contributed by atoms with Gasteiger partial charge in [-0.05, 0) is 48.5 Å². The first-order chi connectivity index (χ1) is 13.8. The van der Waals surface area contributed by atoms with Crippen LogP contribution in [0.25, 0.3) is 0 Å². The van der Waals surface area contributed by atoms with Crippen LogP contribution < -0.4 is 9.47 Å². The van der Waals surface area contributed by atoms with Gasteiger partial charge in [-0.15, -0.1) is 0 Å². The molecule has 0 saturated carbocycles. The lowest BCUT2D eigenvalue weighted by Crippen LogP contribution is -2.25. The Labute approximate surface area is 170 Å². The summed E-state index contributed by atoms with van der Waals surface area (Å²) in [6.07, 6.45) is -4.01. The molecule has 2 aromatic rings. The first-order valence-corrected chi connectivity index (χ1v) is 10.6. The molecule has 0 spiro atoms. The summed E-state index contributed by atoms with van der Waals surface area (Å²) in [6, 6.07) is 8.29. The molecule has 162 valence electrons. The zero-order chi connectivity index (χ0) is 22.5. The van der Waals surface area contributed by atoms with Crippen LogP contribution in [0.4, 0.5) is 9.59 Å². The van der Waals surface area contributed by atoms with Crippen LogP contribution in [0, 0.1) is 0 Å². The predicted octanol–water partition coefficient (Wildman–Crippen LogP) is 2.26. The van der Waals surface area contributed by atoms with Gasteiger partial charge in [0.05, 0.1) is 9.79 Å². The molecule has 0 atom stereocenters. The standard InChI is InChI=1S/C16H14O12S2/c1-10(25-15(17)27-11-2-6-13(7-3-11)29(19,20)21)26-16(18)28-12-4-8-14(9-5-12)30(22,23)24/h2-10H,1H3,(H,19,20,21)(H,22,23,24). The van der Waals surface area contributed by atoms with Gasteiger partial charge in [-0.25, -0.2) is 9.59 Å². The molecule has 2 aromatic carbocycles. The Morgan fingerprint density at radius 3 is 1.27 bits per heavy atom. The Kier molecular flexibility index (Phi) is 6.99. The van der Waals surface area contributed by atoms with Crippen molar-refractivity contribution in [2.45, 2.75) is 23.0 Å². The number of hydrogen-bond donors (Lipinski definition) is 2. The van der Waals surface area contributed by atoms with Crippen molar-refractivity contribution in [2.75, 3.05) is 0 Å². The van der Waals surface area contributed by atoms with E-state index in [0.29, 0.717) is 0 Å². The Balaban J connectivity index is 1.85. The molecule has 0 aromatic heterocycles. The average Bonchev–Trinajstić information content (AvgIpc) is 2.60. The Morgan fingerprint density at radius 2 is 1.00 bits per heavy atom. The minimum Gasteiger partial charge on any atom is -0.395 e. The maximum atomic E-state index is 11.7. The van der Waals surface area contributed by atoms with Crippen LogP contribution >= 0.6 is 0 Å². The summed E-state index contributed by atoms with van der Waals surface area (Å²) in [5.41, 5.74) is 0. The lowest BCUT2D eigenvalue weighted by atomic mass is 10.3. The fourth-order valence-electron chi connectivity index (χ4n) is 1.89. The van der Waals surface area contributed by atoms with Gasteiger partial charge in [-0.2, -0.15) is 16.8 Å². The van der Waals surface area contributed by atoms with Crippen molar-refractivity contribution in [3.8, 4) is 11.5 Å². The quantitative estimate of drug-likeness (QED) is 0.277. The van der Waals surface area contributed by atoms with Crippen LogP contribution in [0.2, 0.25) is 0 Å². The van der Waals surface area contributed by atoms with E-state index < -0.39 is 48.6 Å². The van der Waals surface area contributed by atoms with E-state index in [4.69, 9.17) is 18.6 Å². The topological polar surface area (TPSA) is 180 Å². The Bertz CT molecular complexity index is 1030. The molecule has 12 nitrogen and oxygen atoms in total. The summed E-state index contributed by atoms with van der Waals surface area (Å²) in [6.45, 7) is 1.17. The van der Waals surface area contributed by atoms with Crippen molar-refractivity contribution in [1.29, 1.82) is 0 Å². The Morgan fingerprint density at radius 1 is 0.700 bits per heavy atom. The molecule has 0 aliphatic carbocycles. The minimum absolute atomic E-state index is 0.110. The van der Waals surface area contributed by atoms with Gasteiger partial charge in [0.1, 0.15) is 11.5 Å². The zero-order valence-corrected chi connectivity index (χ0v) is 16.6. The van der Waals surface area contributed by atoms with E-state index in [9.17, 15) is 26.4 Å². The Hall–Kier alpha value is -3.20. The maximum Gasteiger partial charge on any atom is 0.516 e. The van der Waals surface area contributed by atoms with Crippen molar-refractivity contribution in [3.63, 3.8) is 0 Å². The molecular formula is C16H14O12S2. The van der Waals surface area contributed by atoms with Crippen molar-refractivity contribution in [2.24, 2.45) is 0 Å². The van der Waals surface area contributed by atoms with Crippen LogP contribution in [-0.4, -0.2) is 44.5 Å². The van der Waals surface area contributed by atoms with E-state index in [0.717, 1.165) is 48.5 Å². The average molecular weight is 462 g/mol. The monoisotopic (exact) mass is 462 g/mol. The van der Waals surface area contributed by atoms with Crippen molar-refractivity contribution in [1.82, 2.24) is 0 Å². The third-order valence-corrected chi connectivity index (χ3v) is 4.91. The number of hydrogen-bond acceptors (Lipinski definition) is 10. The molecule has 0 saturated heterocycles. The van der Waals surface area contributed by atoms with Crippen molar-refractivity contribution in [3.05, 3.63) is 48.5 Å². The summed E-state index contributed by atoms with van der Waals surface area (Å²) < 4.78 is 80.3. The predicted molar refractivity (Wildman–Crippen MR) is 96.2 cm³/mol. The van der Waals surface area contributed by atoms with Crippen molar-refractivity contribution >= 4 is 32.5 Å². The molecule has 0 aliphatic heterocycles. The van der Waals surface area contributed by atoms with Crippen LogP contribution in [0.1, 0.15) is 6.92 Å². The van der Waals surface area contributed by atoms with E-state index in [1.54, 1.807) is 0 Å². The van der Waals surface area contributed by atoms with Crippen LogP contribution in [0.3, 0.4) is 0 Å². The summed E-state index contributed by atoms with van der Waals surface area (Å²) in [5, 5.41) is 0. The number of rotatable bonds is 6. The van der Waals surface area contributed by atoms with Crippen molar-refractivity contribution < 1.29 is 54.5 Å². The highest BCUT2D eigenvalue weighted by atomic mass is 32.2. The first kappa shape index (κ1) is 23.1. The van der Waals surface area contributed by atoms with E-state index in [1.807, 2.05) is 0 Å². The smallest absolute Gasteiger partial charge is 0.395 e. The summed E-state index contributed by atoms with van der Waals surface area (Å²) in [4.78, 5) is 22.5. The lowest BCUT2D eigenvalue weighted by Gasteiger charge is -2.13. The molecule has 0 aliphatic rings. The fraction of sp³-hybridized carbons (Fsp3) is 0.125. The van der Waals surface area contributed by atoms with Crippen LogP contribution in [0.15, 0.2) is 58.3 Å². The van der Waals surface area contributed by atoms with Gasteiger partial charge < -0.3 is 18.9 Å². The largest absolute Gasteiger partial charge is 0.516 e. The second kappa shape index (κ2) is 9.08. The SMILES string of the molecule is CC(OC(=O)Oc1ccc(S(=O)(=O)O)cc1)OC(=O)Oc1ccc(S(=O)(=O)O)cc1. The van der Waals surface area contributed by atoms with Gasteiger partial charge in [0.25, 0.3) is 26.5 Å². The third-order valence-electron chi connectivity index (χ3n) is 3.17. The van der Waals surface area contributed by atoms with Crippen LogP contribution in [-0.2, 0) is 29.7 Å². The second-order valence-corrected chi connectivity index (χ2v) is 8.24. The van der Waals surface area contributed by atoms with Gasteiger partial charge in [0.2, 0.25) is 0 Å². The molecular weight excluding hydrogens is 448 g/mol. The van der Waals surface area contributed by atoms with Crippen LogP contribution in [0.5, 0.6) is 11.5 Å². The molecule has 0 unspecified atom stereocenters. The maximum absolute atomic E-state index is 11.7. The molecule has 30 heavy (non-hydrogen) atoms. The second-order valence-electron chi connectivity index (χ2n) is 5.40. The summed E-state index contributed by atoms with van der Waals surface area (Å²) in [5.74, 6) is -0.220. The van der Waals surface area contributed by atoms with E-state index in [-0.39, 0.29) is 11.5 Å². The highest BCUT2D eigenvalue weighted by Crippen LogP contribution is 2.18. The highest BCUT2D eigenvalue weighted by Gasteiger charge is 2.18. The third kappa shape index (κ3) is 7.00. The number of benzene rings is 2. The first-order valence-electron chi connectivity index (χ1n) is 7.76. The van der Waals surface area contributed by atoms with Gasteiger partial charge in [-0.3, -0.25) is 9.11 Å². The molecule has 0 bridgehead atoms. The number of carbonyl (C=O) groups is 2. The lowest BCUT2D eigenvalue weighted by molar-refractivity contribution is -0.0744. The molecule has 2 rings (SSSR count). The zero-order valence-electron chi connectivity index (χ0n) is 15.0. The van der Waals surface area contributed by atoms with E-state index in [1.165, 1.54) is 6.92 Å². The number of ether oxygens (including phenoxy) is 4. The molecule has 0 heterocycles. The summed E-state index contributed by atoms with van der Waals surface area (Å²) in [7, 11) is -8.80. The molecule has 0 radical (unpaired) electrons. The fourth-order valence-corrected chi connectivity index (χ4v) is 2.85. The van der Waals surface area contributed by atoms with Gasteiger partial charge in [0.15, 0.2) is 0 Å². The normalized spacial score (nSPS) is 11.6. The van der Waals surface area contributed by atoms with Gasteiger partial charge in [-0.1, -0.05) is 0 Å². The van der Waals surface area contributed by atoms with Gasteiger partial charge in [0, 0.05) is 6.92 Å². The molecule has 0 amide bonds. The molecule has 0 fully saturated rings. The molecule has 2 N–H and O–H groups in total. The summed E-state index contributed by atoms with van der Waals surface area (Å²) >= 11 is 0. The number of carbonyl (C=O) groups excluding carboxylic acids is 2.